The summed E-state index contributed by atoms with van der Waals surface area (Å²) in [7, 11) is 0. The molecule has 1 fully saturated rings. The molecule has 0 amide bonds. The molecular weight excluding hydrogens is 242 g/mol. The number of benzene rings is 2. The van der Waals surface area contributed by atoms with Gasteiger partial charge in [-0.25, -0.2) is 0 Å². The van der Waals surface area contributed by atoms with Gasteiger partial charge in [-0.2, -0.15) is 0 Å². The molecule has 1 aliphatic heterocycles. The van der Waals surface area contributed by atoms with E-state index >= 15 is 0 Å². The fourth-order valence-corrected chi connectivity index (χ4v) is 3.22. The van der Waals surface area contributed by atoms with E-state index in [0.29, 0.717) is 6.04 Å². The summed E-state index contributed by atoms with van der Waals surface area (Å²) >= 11 is 0. The topological polar surface area (TPSA) is 3.24 Å². The number of hydrogen-bond acceptors (Lipinski definition) is 1. The first-order valence-electron chi connectivity index (χ1n) is 7.62. The third-order valence-corrected chi connectivity index (χ3v) is 4.46. The fraction of sp³-hybridized carbons (Fsp3) is 0.368. The van der Waals surface area contributed by atoms with Crippen molar-refractivity contribution in [2.45, 2.75) is 39.2 Å². The lowest BCUT2D eigenvalue weighted by atomic mass is 9.99. The lowest BCUT2D eigenvalue weighted by Gasteiger charge is -2.27. The van der Waals surface area contributed by atoms with Crippen LogP contribution >= 0.6 is 0 Å². The molecule has 1 saturated heterocycles. The predicted molar refractivity (Wildman–Crippen MR) is 86.4 cm³/mol. The second-order valence-electron chi connectivity index (χ2n) is 5.96. The average Bonchev–Trinajstić information content (AvgIpc) is 2.90. The Morgan fingerprint density at radius 1 is 1.00 bits per heavy atom. The van der Waals surface area contributed by atoms with Crippen molar-refractivity contribution in [3.63, 3.8) is 0 Å². The van der Waals surface area contributed by atoms with Crippen LogP contribution in [0, 0.1) is 13.8 Å². The third kappa shape index (κ3) is 2.72. The SMILES string of the molecule is Cc1ccc(N2CCCC2Cc2ccccc2C)cc1. The summed E-state index contributed by atoms with van der Waals surface area (Å²) in [4.78, 5) is 2.59. The van der Waals surface area contributed by atoms with E-state index in [1.807, 2.05) is 0 Å². The zero-order valence-corrected chi connectivity index (χ0v) is 12.5. The van der Waals surface area contributed by atoms with Crippen molar-refractivity contribution >= 4 is 5.69 Å². The first-order valence-corrected chi connectivity index (χ1v) is 7.62. The molecule has 0 N–H and O–H groups in total. The second-order valence-corrected chi connectivity index (χ2v) is 5.96. The van der Waals surface area contributed by atoms with E-state index in [0.717, 1.165) is 0 Å². The normalized spacial score (nSPS) is 18.5. The molecule has 20 heavy (non-hydrogen) atoms. The minimum atomic E-state index is 0.652. The van der Waals surface area contributed by atoms with Crippen molar-refractivity contribution < 1.29 is 0 Å². The van der Waals surface area contributed by atoms with E-state index in [1.54, 1.807) is 0 Å². The first kappa shape index (κ1) is 13.2. The first-order chi connectivity index (χ1) is 9.74. The molecule has 0 saturated carbocycles. The maximum absolute atomic E-state index is 2.59. The van der Waals surface area contributed by atoms with Gasteiger partial charge in [0.1, 0.15) is 0 Å². The second kappa shape index (κ2) is 5.70. The molecule has 0 aromatic heterocycles. The van der Waals surface area contributed by atoms with Crippen molar-refractivity contribution in [3.8, 4) is 0 Å². The Balaban J connectivity index is 1.79. The molecule has 0 aliphatic carbocycles. The maximum atomic E-state index is 2.59. The molecule has 0 radical (unpaired) electrons. The van der Waals surface area contributed by atoms with Crippen LogP contribution in [0.4, 0.5) is 5.69 Å². The lowest BCUT2D eigenvalue weighted by Crippen LogP contribution is -2.31. The standard InChI is InChI=1S/C19H23N/c1-15-9-11-18(12-10-15)20-13-5-8-19(20)14-17-7-4-3-6-16(17)2/h3-4,6-7,9-12,19H,5,8,13-14H2,1-2H3. The van der Waals surface area contributed by atoms with Crippen LogP contribution in [-0.2, 0) is 6.42 Å². The van der Waals surface area contributed by atoms with E-state index in [1.165, 1.54) is 48.2 Å². The Morgan fingerprint density at radius 3 is 2.50 bits per heavy atom. The van der Waals surface area contributed by atoms with Gasteiger partial charge >= 0.3 is 0 Å². The quantitative estimate of drug-likeness (QED) is 0.789. The van der Waals surface area contributed by atoms with Crippen LogP contribution < -0.4 is 4.90 Å². The Hall–Kier alpha value is -1.76. The molecule has 0 spiro atoms. The molecule has 1 heteroatoms. The lowest BCUT2D eigenvalue weighted by molar-refractivity contribution is 0.661. The fourth-order valence-electron chi connectivity index (χ4n) is 3.22. The molecule has 3 rings (SSSR count). The summed E-state index contributed by atoms with van der Waals surface area (Å²) in [5.74, 6) is 0. The van der Waals surface area contributed by atoms with E-state index in [9.17, 15) is 0 Å². The van der Waals surface area contributed by atoms with Crippen LogP contribution in [0.2, 0.25) is 0 Å². The summed E-state index contributed by atoms with van der Waals surface area (Å²) in [5, 5.41) is 0. The smallest absolute Gasteiger partial charge is 0.0368 e. The Bertz CT molecular complexity index is 571. The van der Waals surface area contributed by atoms with Gasteiger partial charge in [0.25, 0.3) is 0 Å². The van der Waals surface area contributed by atoms with Gasteiger partial charge in [-0.1, -0.05) is 42.0 Å². The zero-order valence-electron chi connectivity index (χ0n) is 12.5. The molecule has 0 bridgehead atoms. The minimum absolute atomic E-state index is 0.652. The number of anilines is 1. The molecule has 1 aliphatic rings. The van der Waals surface area contributed by atoms with Gasteiger partial charge < -0.3 is 4.90 Å². The summed E-state index contributed by atoms with van der Waals surface area (Å²) in [6.45, 7) is 5.57. The van der Waals surface area contributed by atoms with Gasteiger partial charge in [-0.15, -0.1) is 0 Å². The Labute approximate surface area is 122 Å². The Kier molecular flexibility index (Phi) is 3.77. The molecule has 2 aromatic carbocycles. The molecule has 2 aromatic rings. The largest absolute Gasteiger partial charge is 0.368 e. The molecule has 104 valence electrons. The van der Waals surface area contributed by atoms with Crippen LogP contribution in [-0.4, -0.2) is 12.6 Å². The summed E-state index contributed by atoms with van der Waals surface area (Å²) in [6, 6.07) is 18.4. The van der Waals surface area contributed by atoms with Crippen molar-refractivity contribution in [1.29, 1.82) is 0 Å². The summed E-state index contributed by atoms with van der Waals surface area (Å²) in [5.41, 5.74) is 5.63. The highest BCUT2D eigenvalue weighted by molar-refractivity contribution is 5.50. The number of aryl methyl sites for hydroxylation is 2. The molecule has 1 atom stereocenters. The Morgan fingerprint density at radius 2 is 1.75 bits per heavy atom. The van der Waals surface area contributed by atoms with Crippen molar-refractivity contribution in [2.24, 2.45) is 0 Å². The van der Waals surface area contributed by atoms with Crippen LogP contribution in [0.5, 0.6) is 0 Å². The van der Waals surface area contributed by atoms with Crippen LogP contribution in [0.15, 0.2) is 48.5 Å². The molecule has 1 nitrogen and oxygen atoms in total. The highest BCUT2D eigenvalue weighted by atomic mass is 15.2. The molecule has 1 heterocycles. The third-order valence-electron chi connectivity index (χ3n) is 4.46. The number of hydrogen-bond donors (Lipinski definition) is 0. The highest BCUT2D eigenvalue weighted by Gasteiger charge is 2.25. The van der Waals surface area contributed by atoms with Crippen LogP contribution in [0.3, 0.4) is 0 Å². The van der Waals surface area contributed by atoms with Crippen LogP contribution in [0.25, 0.3) is 0 Å². The van der Waals surface area contributed by atoms with Crippen molar-refractivity contribution in [2.75, 3.05) is 11.4 Å². The maximum Gasteiger partial charge on any atom is 0.0368 e. The monoisotopic (exact) mass is 265 g/mol. The van der Waals surface area contributed by atoms with E-state index in [2.05, 4.69) is 67.3 Å². The van der Waals surface area contributed by atoms with Gasteiger partial charge in [-0.3, -0.25) is 0 Å². The average molecular weight is 265 g/mol. The number of nitrogens with zero attached hydrogens (tertiary/aromatic N) is 1. The minimum Gasteiger partial charge on any atom is -0.368 e. The van der Waals surface area contributed by atoms with Crippen molar-refractivity contribution in [3.05, 3.63) is 65.2 Å². The van der Waals surface area contributed by atoms with Gasteiger partial charge in [-0.05, 0) is 56.4 Å². The zero-order chi connectivity index (χ0) is 13.9. The molecule has 1 unspecified atom stereocenters. The summed E-state index contributed by atoms with van der Waals surface area (Å²) < 4.78 is 0. The van der Waals surface area contributed by atoms with Gasteiger partial charge in [0.2, 0.25) is 0 Å². The van der Waals surface area contributed by atoms with E-state index in [4.69, 9.17) is 0 Å². The van der Waals surface area contributed by atoms with E-state index in [-0.39, 0.29) is 0 Å². The van der Waals surface area contributed by atoms with Gasteiger partial charge in [0.15, 0.2) is 0 Å². The predicted octanol–water partition coefficient (Wildman–Crippen LogP) is 4.51. The van der Waals surface area contributed by atoms with E-state index < -0.39 is 0 Å². The highest BCUT2D eigenvalue weighted by Crippen LogP contribution is 2.28. The molecular formula is C19H23N. The summed E-state index contributed by atoms with van der Waals surface area (Å²) in [6.07, 6.45) is 3.78. The van der Waals surface area contributed by atoms with Crippen molar-refractivity contribution in [1.82, 2.24) is 0 Å². The van der Waals surface area contributed by atoms with Crippen LogP contribution in [0.1, 0.15) is 29.5 Å². The number of rotatable bonds is 3. The van der Waals surface area contributed by atoms with Gasteiger partial charge in [0, 0.05) is 18.3 Å². The van der Waals surface area contributed by atoms with Gasteiger partial charge in [0.05, 0.1) is 0 Å².